The van der Waals surface area contributed by atoms with Crippen LogP contribution in [0.3, 0.4) is 0 Å². The molecule has 0 saturated carbocycles. The van der Waals surface area contributed by atoms with Crippen LogP contribution in [-0.4, -0.2) is 49.3 Å². The molecule has 5 aromatic carbocycles. The van der Waals surface area contributed by atoms with E-state index in [9.17, 15) is 25.9 Å². The average Bonchev–Trinajstić information content (AvgIpc) is 3.18. The van der Waals surface area contributed by atoms with Gasteiger partial charge in [0.1, 0.15) is 6.54 Å². The highest BCUT2D eigenvalue weighted by atomic mass is 32.2. The molecule has 294 valence electrons. The summed E-state index contributed by atoms with van der Waals surface area (Å²) in [4.78, 5) is 1.88. The van der Waals surface area contributed by atoms with Crippen LogP contribution in [0.2, 0.25) is 0 Å². The van der Waals surface area contributed by atoms with Gasteiger partial charge in [0.05, 0.1) is 21.2 Å². The van der Waals surface area contributed by atoms with Crippen molar-refractivity contribution in [2.45, 2.75) is 50.6 Å². The highest BCUT2D eigenvalue weighted by Crippen LogP contribution is 2.37. The second kappa shape index (κ2) is 17.1. The quantitative estimate of drug-likeness (QED) is 0.0520. The van der Waals surface area contributed by atoms with E-state index in [0.717, 1.165) is 67.3 Å². The zero-order valence-electron chi connectivity index (χ0n) is 32.3. The van der Waals surface area contributed by atoms with Gasteiger partial charge in [-0.25, -0.2) is 4.58 Å². The van der Waals surface area contributed by atoms with Crippen LogP contribution in [-0.2, 0) is 33.3 Å². The Balaban J connectivity index is 1.40. The molecule has 0 amide bonds. The van der Waals surface area contributed by atoms with E-state index < -0.39 is 20.2 Å². The first-order chi connectivity index (χ1) is 27.1. The minimum Gasteiger partial charge on any atom is -0.397 e. The molecule has 1 aliphatic carbocycles. The Bertz CT molecular complexity index is 2660. The van der Waals surface area contributed by atoms with Gasteiger partial charge in [0.25, 0.3) is 20.2 Å². The number of allylic oxidation sites excluding steroid dienone is 5. The Morgan fingerprint density at radius 3 is 2.00 bits per heavy atom. The van der Waals surface area contributed by atoms with Crippen molar-refractivity contribution >= 4 is 54.3 Å². The van der Waals surface area contributed by atoms with Crippen molar-refractivity contribution in [2.75, 3.05) is 29.0 Å². The summed E-state index contributed by atoms with van der Waals surface area (Å²) in [6, 6.07) is 34.9. The third-order valence-corrected chi connectivity index (χ3v) is 11.7. The smallest absolute Gasteiger partial charge is 0.294 e. The molecule has 0 spiro atoms. The lowest BCUT2D eigenvalue weighted by atomic mass is 9.85. The van der Waals surface area contributed by atoms with Crippen molar-refractivity contribution in [3.8, 4) is 0 Å². The molecular formula is C45H47N4O6S2+. The van der Waals surface area contributed by atoms with Crippen LogP contribution < -0.4 is 16.0 Å². The first-order valence-corrected chi connectivity index (χ1v) is 21.5. The summed E-state index contributed by atoms with van der Waals surface area (Å²) >= 11 is 0. The van der Waals surface area contributed by atoms with Gasteiger partial charge in [-0.2, -0.15) is 16.8 Å². The minimum atomic E-state index is -4.32. The van der Waals surface area contributed by atoms with Gasteiger partial charge < -0.3 is 16.0 Å². The molecule has 57 heavy (non-hydrogen) atoms. The van der Waals surface area contributed by atoms with E-state index in [1.807, 2.05) is 62.4 Å². The van der Waals surface area contributed by atoms with E-state index in [1.165, 1.54) is 24.3 Å². The van der Waals surface area contributed by atoms with Gasteiger partial charge in [-0.1, -0.05) is 54.6 Å². The first-order valence-electron chi connectivity index (χ1n) is 18.6. The van der Waals surface area contributed by atoms with Crippen molar-refractivity contribution in [3.05, 3.63) is 172 Å². The molecule has 0 atom stereocenters. The van der Waals surface area contributed by atoms with Gasteiger partial charge in [-0.3, -0.25) is 9.11 Å². The Morgan fingerprint density at radius 2 is 1.40 bits per heavy atom. The lowest BCUT2D eigenvalue weighted by molar-refractivity contribution is -0.539. The number of benzene rings is 5. The molecule has 0 fully saturated rings. The van der Waals surface area contributed by atoms with Crippen LogP contribution in [0.1, 0.15) is 48.6 Å². The van der Waals surface area contributed by atoms with E-state index in [2.05, 4.69) is 77.2 Å². The number of aryl methyl sites for hydroxylation is 1. The molecule has 0 unspecified atom stereocenters. The highest BCUT2D eigenvalue weighted by molar-refractivity contribution is 7.86. The number of anilines is 4. The third kappa shape index (κ3) is 9.78. The summed E-state index contributed by atoms with van der Waals surface area (Å²) in [6.07, 6.45) is 6.35. The summed E-state index contributed by atoms with van der Waals surface area (Å²) in [7, 11) is -8.65. The molecule has 5 aromatic rings. The monoisotopic (exact) mass is 803 g/mol. The summed E-state index contributed by atoms with van der Waals surface area (Å²) < 4.78 is 68.6. The topological polar surface area (TPSA) is 153 Å². The maximum Gasteiger partial charge on any atom is 0.294 e. The Hall–Kier alpha value is -5.79. The largest absolute Gasteiger partial charge is 0.397 e. The Labute approximate surface area is 335 Å². The van der Waals surface area contributed by atoms with Crippen molar-refractivity contribution in [3.63, 3.8) is 0 Å². The predicted molar refractivity (Wildman–Crippen MR) is 229 cm³/mol. The number of hydrogen-bond acceptors (Lipinski definition) is 7. The molecule has 0 aromatic heterocycles. The Kier molecular flexibility index (Phi) is 12.3. The number of hydrogen-bond donors (Lipinski definition) is 4. The minimum absolute atomic E-state index is 0.134. The second-order valence-corrected chi connectivity index (χ2v) is 16.8. The molecule has 0 radical (unpaired) electrons. The summed E-state index contributed by atoms with van der Waals surface area (Å²) in [6.45, 7) is 10.5. The number of rotatable bonds is 13. The maximum absolute atomic E-state index is 11.8. The first kappa shape index (κ1) is 40.9. The summed E-state index contributed by atoms with van der Waals surface area (Å²) in [5.41, 5.74) is 18.3. The molecule has 0 saturated heterocycles. The number of nitrogens with two attached hydrogens (primary N) is 1. The van der Waals surface area contributed by atoms with E-state index in [4.69, 9.17) is 5.73 Å². The fraction of sp³-hybridized carbons (Fsp3) is 0.178. The normalized spacial score (nSPS) is 14.9. The van der Waals surface area contributed by atoms with Crippen LogP contribution in [0.15, 0.2) is 154 Å². The fourth-order valence-corrected chi connectivity index (χ4v) is 8.12. The van der Waals surface area contributed by atoms with Crippen LogP contribution in [0.4, 0.5) is 22.7 Å². The van der Waals surface area contributed by atoms with Crippen molar-refractivity contribution in [1.82, 2.24) is 0 Å². The van der Waals surface area contributed by atoms with E-state index >= 15 is 0 Å². The molecule has 0 aliphatic heterocycles. The van der Waals surface area contributed by atoms with Crippen molar-refractivity contribution in [2.24, 2.45) is 0 Å². The van der Waals surface area contributed by atoms with Crippen LogP contribution in [0.5, 0.6) is 0 Å². The zero-order chi connectivity index (χ0) is 40.9. The lowest BCUT2D eigenvalue weighted by Crippen LogP contribution is -2.22. The number of para-hydroxylation sites is 2. The molecular weight excluding hydrogens is 757 g/mol. The number of nitrogens with one attached hydrogen (secondary N) is 1. The molecule has 5 N–H and O–H groups in total. The van der Waals surface area contributed by atoms with Crippen LogP contribution >= 0.6 is 0 Å². The average molecular weight is 804 g/mol. The number of nitrogen functional groups attached to an aromatic ring is 1. The van der Waals surface area contributed by atoms with E-state index in [-0.39, 0.29) is 9.79 Å². The second-order valence-electron chi connectivity index (χ2n) is 13.9. The van der Waals surface area contributed by atoms with Gasteiger partial charge in [0, 0.05) is 42.2 Å². The van der Waals surface area contributed by atoms with Gasteiger partial charge >= 0.3 is 0 Å². The fourth-order valence-electron chi connectivity index (χ4n) is 7.01. The van der Waals surface area contributed by atoms with Crippen molar-refractivity contribution in [1.29, 1.82) is 0 Å². The zero-order valence-corrected chi connectivity index (χ0v) is 34.0. The van der Waals surface area contributed by atoms with E-state index in [0.29, 0.717) is 31.9 Å². The molecule has 0 bridgehead atoms. The molecule has 12 heteroatoms. The molecule has 10 nitrogen and oxygen atoms in total. The number of nitrogens with zero attached hydrogens (tertiary/aromatic N) is 2. The molecule has 0 heterocycles. The van der Waals surface area contributed by atoms with Gasteiger partial charge in [0.2, 0.25) is 0 Å². The van der Waals surface area contributed by atoms with Crippen LogP contribution in [0, 0.1) is 6.92 Å². The Morgan fingerprint density at radius 1 is 0.754 bits per heavy atom. The summed E-state index contributed by atoms with van der Waals surface area (Å²) in [5, 5.41) is 3.42. The van der Waals surface area contributed by atoms with Gasteiger partial charge in [-0.05, 0) is 133 Å². The van der Waals surface area contributed by atoms with Gasteiger partial charge in [0.15, 0.2) is 12.3 Å². The lowest BCUT2D eigenvalue weighted by Gasteiger charge is -2.25. The predicted octanol–water partition coefficient (Wildman–Crippen LogP) is 8.83. The SMILES string of the molecule is CCN(Cc1cccc(S(=O)(=O)O)c1)c1ccc(C(=C2C=CC(=[N+](CC)Cc3cccc(S(=O)(=O)O)c3)C=C2C)c2ccc(Nc3ccccc3N)cc2)c(C)c1. The van der Waals surface area contributed by atoms with Gasteiger partial charge in [-0.15, -0.1) is 0 Å². The van der Waals surface area contributed by atoms with Crippen LogP contribution in [0.25, 0.3) is 5.57 Å². The molecule has 6 rings (SSSR count). The van der Waals surface area contributed by atoms with E-state index in [1.54, 1.807) is 12.1 Å². The summed E-state index contributed by atoms with van der Waals surface area (Å²) in [5.74, 6) is 0. The standard InChI is InChI=1S/C45H46N4O6S2/c1-5-48(29-33-11-9-13-39(27-33)56(50,51)52)37-21-23-41(31(3)25-37)45(35-17-19-36(20-18-35)47-44-16-8-7-15-43(44)46)42-24-22-38(26-32(42)4)49(6-2)30-34-12-10-14-40(28-34)57(53,54)55/h7-28H,5-6,29-30,46H2,1-4H3,(H2,50,51,52,53,54,55)/p+1. The third-order valence-electron chi connectivity index (χ3n) is 10.0. The van der Waals surface area contributed by atoms with Crippen molar-refractivity contribution < 1.29 is 30.5 Å². The molecule has 1 aliphatic rings. The maximum atomic E-state index is 11.8. The highest BCUT2D eigenvalue weighted by Gasteiger charge is 2.22.